The second kappa shape index (κ2) is 5.82. The van der Waals surface area contributed by atoms with Gasteiger partial charge in [0.15, 0.2) is 5.82 Å². The predicted octanol–water partition coefficient (Wildman–Crippen LogP) is 1.49. The third kappa shape index (κ3) is 3.85. The molecule has 1 heterocycles. The first kappa shape index (κ1) is 13.7. The van der Waals surface area contributed by atoms with E-state index in [0.29, 0.717) is 18.9 Å². The van der Waals surface area contributed by atoms with Gasteiger partial charge in [0.25, 0.3) is 5.56 Å². The molecule has 17 heavy (non-hydrogen) atoms. The highest BCUT2D eigenvalue weighted by atomic mass is 16.5. The molecular formula is C12H21N3O2. The van der Waals surface area contributed by atoms with Gasteiger partial charge in [0, 0.05) is 32.6 Å². The van der Waals surface area contributed by atoms with Gasteiger partial charge in [-0.05, 0) is 20.3 Å². The van der Waals surface area contributed by atoms with Crippen molar-refractivity contribution in [3.63, 3.8) is 0 Å². The summed E-state index contributed by atoms with van der Waals surface area (Å²) in [4.78, 5) is 16.0. The van der Waals surface area contributed by atoms with Crippen molar-refractivity contribution in [3.8, 4) is 0 Å². The van der Waals surface area contributed by atoms with Crippen LogP contribution >= 0.6 is 0 Å². The van der Waals surface area contributed by atoms with Crippen LogP contribution in [0.3, 0.4) is 0 Å². The SMILES string of the molecule is CCCn1ccnc(NCC(C)(C)OC)c1=O. The molecule has 1 aromatic rings. The molecule has 0 aliphatic carbocycles. The van der Waals surface area contributed by atoms with Crippen LogP contribution in [-0.2, 0) is 11.3 Å². The normalized spacial score (nSPS) is 11.5. The number of rotatable bonds is 6. The first-order valence-electron chi connectivity index (χ1n) is 5.84. The Bertz CT molecular complexity index is 412. The van der Waals surface area contributed by atoms with Crippen molar-refractivity contribution in [2.24, 2.45) is 0 Å². The molecule has 1 rings (SSSR count). The number of hydrogen-bond donors (Lipinski definition) is 1. The molecule has 1 N–H and O–H groups in total. The number of nitrogens with zero attached hydrogens (tertiary/aromatic N) is 2. The zero-order valence-corrected chi connectivity index (χ0v) is 11.0. The van der Waals surface area contributed by atoms with Crippen LogP contribution in [0.5, 0.6) is 0 Å². The standard InChI is InChI=1S/C12H21N3O2/c1-5-7-15-8-6-13-10(11(15)16)14-9-12(2,3)17-4/h6,8H,5,7,9H2,1-4H3,(H,13,14). The van der Waals surface area contributed by atoms with Crippen LogP contribution in [0, 0.1) is 0 Å². The number of hydrogen-bond acceptors (Lipinski definition) is 4. The molecule has 0 saturated heterocycles. The zero-order chi connectivity index (χ0) is 12.9. The van der Waals surface area contributed by atoms with E-state index < -0.39 is 0 Å². The Morgan fingerprint density at radius 3 is 2.82 bits per heavy atom. The van der Waals surface area contributed by atoms with Gasteiger partial charge in [-0.15, -0.1) is 0 Å². The second-order valence-corrected chi connectivity index (χ2v) is 4.59. The van der Waals surface area contributed by atoms with E-state index >= 15 is 0 Å². The largest absolute Gasteiger partial charge is 0.377 e. The Morgan fingerprint density at radius 1 is 1.53 bits per heavy atom. The number of ether oxygens (including phenoxy) is 1. The highest BCUT2D eigenvalue weighted by molar-refractivity contribution is 5.31. The molecule has 96 valence electrons. The Balaban J connectivity index is 2.79. The minimum atomic E-state index is -0.320. The van der Waals surface area contributed by atoms with Gasteiger partial charge in [0.05, 0.1) is 5.60 Å². The van der Waals surface area contributed by atoms with Gasteiger partial charge in [-0.1, -0.05) is 6.92 Å². The van der Waals surface area contributed by atoms with Crippen molar-refractivity contribution in [2.45, 2.75) is 39.3 Å². The van der Waals surface area contributed by atoms with Gasteiger partial charge < -0.3 is 14.6 Å². The number of aryl methyl sites for hydroxylation is 1. The van der Waals surface area contributed by atoms with E-state index in [4.69, 9.17) is 4.74 Å². The second-order valence-electron chi connectivity index (χ2n) is 4.59. The van der Waals surface area contributed by atoms with Crippen molar-refractivity contribution in [1.29, 1.82) is 0 Å². The lowest BCUT2D eigenvalue weighted by Gasteiger charge is -2.23. The fraction of sp³-hybridized carbons (Fsp3) is 0.667. The van der Waals surface area contributed by atoms with Gasteiger partial charge in [-0.25, -0.2) is 4.98 Å². The molecule has 0 bridgehead atoms. The van der Waals surface area contributed by atoms with E-state index in [2.05, 4.69) is 10.3 Å². The van der Waals surface area contributed by atoms with Gasteiger partial charge in [-0.3, -0.25) is 4.79 Å². The quantitative estimate of drug-likeness (QED) is 0.817. The molecule has 0 radical (unpaired) electrons. The molecule has 0 aliphatic rings. The smallest absolute Gasteiger partial charge is 0.293 e. The van der Waals surface area contributed by atoms with Crippen LogP contribution in [0.1, 0.15) is 27.2 Å². The van der Waals surface area contributed by atoms with Crippen LogP contribution < -0.4 is 10.9 Å². The predicted molar refractivity (Wildman–Crippen MR) is 68.4 cm³/mol. The first-order valence-corrected chi connectivity index (χ1v) is 5.84. The highest BCUT2D eigenvalue weighted by Gasteiger charge is 2.17. The number of aromatic nitrogens is 2. The average molecular weight is 239 g/mol. The molecule has 0 spiro atoms. The molecule has 5 nitrogen and oxygen atoms in total. The fourth-order valence-corrected chi connectivity index (χ4v) is 1.35. The van der Waals surface area contributed by atoms with E-state index in [-0.39, 0.29) is 11.2 Å². The molecular weight excluding hydrogens is 218 g/mol. The maximum atomic E-state index is 12.0. The highest BCUT2D eigenvalue weighted by Crippen LogP contribution is 2.07. The summed E-state index contributed by atoms with van der Waals surface area (Å²) in [5.74, 6) is 0.381. The molecule has 0 aromatic carbocycles. The lowest BCUT2D eigenvalue weighted by atomic mass is 10.1. The van der Waals surface area contributed by atoms with Crippen molar-refractivity contribution in [3.05, 3.63) is 22.7 Å². The number of anilines is 1. The topological polar surface area (TPSA) is 56.1 Å². The van der Waals surface area contributed by atoms with Gasteiger partial charge in [0.1, 0.15) is 0 Å². The van der Waals surface area contributed by atoms with Crippen LogP contribution in [-0.4, -0.2) is 28.8 Å². The van der Waals surface area contributed by atoms with Gasteiger partial charge in [-0.2, -0.15) is 0 Å². The van der Waals surface area contributed by atoms with Crippen molar-refractivity contribution in [2.75, 3.05) is 19.0 Å². The van der Waals surface area contributed by atoms with Crippen molar-refractivity contribution < 1.29 is 4.74 Å². The summed E-state index contributed by atoms with van der Waals surface area (Å²) in [6.45, 7) is 7.20. The fourth-order valence-electron chi connectivity index (χ4n) is 1.35. The average Bonchev–Trinajstić information content (AvgIpc) is 2.31. The third-order valence-electron chi connectivity index (χ3n) is 2.61. The summed E-state index contributed by atoms with van der Waals surface area (Å²) in [6.07, 6.45) is 4.27. The molecule has 1 aromatic heterocycles. The van der Waals surface area contributed by atoms with E-state index in [9.17, 15) is 4.79 Å². The molecule has 0 saturated carbocycles. The van der Waals surface area contributed by atoms with E-state index in [1.807, 2.05) is 20.8 Å². The van der Waals surface area contributed by atoms with Gasteiger partial charge >= 0.3 is 0 Å². The monoisotopic (exact) mass is 239 g/mol. The zero-order valence-electron chi connectivity index (χ0n) is 11.0. The lowest BCUT2D eigenvalue weighted by Crippen LogP contribution is -2.35. The summed E-state index contributed by atoms with van der Waals surface area (Å²) in [5.41, 5.74) is -0.402. The van der Waals surface area contributed by atoms with E-state index in [0.717, 1.165) is 6.42 Å². The lowest BCUT2D eigenvalue weighted by molar-refractivity contribution is 0.0343. The van der Waals surface area contributed by atoms with Crippen LogP contribution in [0.2, 0.25) is 0 Å². The Labute approximate surface area is 102 Å². The number of methoxy groups -OCH3 is 1. The Morgan fingerprint density at radius 2 is 2.24 bits per heavy atom. The maximum absolute atomic E-state index is 12.0. The Kier molecular flexibility index (Phi) is 4.69. The summed E-state index contributed by atoms with van der Waals surface area (Å²) < 4.78 is 6.94. The summed E-state index contributed by atoms with van der Waals surface area (Å²) in [7, 11) is 1.65. The van der Waals surface area contributed by atoms with Gasteiger partial charge in [0.2, 0.25) is 0 Å². The van der Waals surface area contributed by atoms with Crippen molar-refractivity contribution >= 4 is 5.82 Å². The summed E-state index contributed by atoms with van der Waals surface area (Å²) in [5, 5.41) is 3.03. The number of nitrogens with one attached hydrogen (secondary N) is 1. The molecule has 5 heteroatoms. The third-order valence-corrected chi connectivity index (χ3v) is 2.61. The van der Waals surface area contributed by atoms with Crippen molar-refractivity contribution in [1.82, 2.24) is 9.55 Å². The maximum Gasteiger partial charge on any atom is 0.293 e. The first-order chi connectivity index (χ1) is 8.00. The van der Waals surface area contributed by atoms with Crippen LogP contribution in [0.25, 0.3) is 0 Å². The molecule has 0 atom stereocenters. The molecule has 0 unspecified atom stereocenters. The Hall–Kier alpha value is -1.36. The molecule has 0 aliphatic heterocycles. The van der Waals surface area contributed by atoms with E-state index in [1.54, 1.807) is 24.1 Å². The summed E-state index contributed by atoms with van der Waals surface area (Å²) >= 11 is 0. The van der Waals surface area contributed by atoms with E-state index in [1.165, 1.54) is 0 Å². The minimum absolute atomic E-state index is 0.0822. The minimum Gasteiger partial charge on any atom is -0.377 e. The molecule has 0 fully saturated rings. The molecule has 0 amide bonds. The summed E-state index contributed by atoms with van der Waals surface area (Å²) in [6, 6.07) is 0. The van der Waals surface area contributed by atoms with Crippen LogP contribution in [0.15, 0.2) is 17.2 Å². The van der Waals surface area contributed by atoms with Crippen LogP contribution in [0.4, 0.5) is 5.82 Å².